The predicted molar refractivity (Wildman–Crippen MR) is 109 cm³/mol. The van der Waals surface area contributed by atoms with E-state index in [0.717, 1.165) is 88.3 Å². The molecule has 0 amide bonds. The Balaban J connectivity index is 1.38. The van der Waals surface area contributed by atoms with E-state index in [-0.39, 0.29) is 17.6 Å². The Bertz CT molecular complexity index is 835. The van der Waals surface area contributed by atoms with Gasteiger partial charge in [0.15, 0.2) is 0 Å². The molecule has 156 valence electrons. The maximum absolute atomic E-state index is 12.7. The molecule has 2 aliphatic carbocycles. The number of rotatable bonds is 4. The van der Waals surface area contributed by atoms with Crippen LogP contribution in [0.2, 0.25) is 0 Å². The smallest absolute Gasteiger partial charge is 0.268 e. The molecule has 1 N–H and O–H groups in total. The molecule has 1 saturated carbocycles. The lowest BCUT2D eigenvalue weighted by atomic mass is 9.91. The maximum atomic E-state index is 12.7. The average Bonchev–Trinajstić information content (AvgIpc) is 2.98. The zero-order valence-corrected chi connectivity index (χ0v) is 17.4. The van der Waals surface area contributed by atoms with Crippen LogP contribution in [0.5, 0.6) is 0 Å². The Hall–Kier alpha value is -1.25. The molecule has 1 saturated heterocycles. The van der Waals surface area contributed by atoms with E-state index in [0.29, 0.717) is 13.1 Å². The molecule has 0 atom stereocenters. The van der Waals surface area contributed by atoms with Crippen LogP contribution in [0.15, 0.2) is 10.9 Å². The summed E-state index contributed by atoms with van der Waals surface area (Å²) in [4.78, 5) is 12.5. The van der Waals surface area contributed by atoms with E-state index < -0.39 is 10.2 Å². The summed E-state index contributed by atoms with van der Waals surface area (Å²) in [6.45, 7) is 1.25. The molecule has 4 rings (SSSR count). The molecule has 0 aromatic carbocycles. The zero-order chi connectivity index (χ0) is 19.6. The van der Waals surface area contributed by atoms with Crippen LogP contribution in [0.4, 0.5) is 0 Å². The third kappa shape index (κ3) is 4.49. The van der Waals surface area contributed by atoms with E-state index in [1.807, 2.05) is 0 Å². The van der Waals surface area contributed by atoms with Gasteiger partial charge in [0, 0.05) is 25.2 Å². The summed E-state index contributed by atoms with van der Waals surface area (Å²) < 4.78 is 31.6. The average molecular weight is 409 g/mol. The van der Waals surface area contributed by atoms with Crippen LogP contribution in [0.25, 0.3) is 0 Å². The molecule has 2 heterocycles. The first-order valence-corrected chi connectivity index (χ1v) is 12.4. The fourth-order valence-electron chi connectivity index (χ4n) is 4.84. The highest BCUT2D eigenvalue weighted by atomic mass is 32.2. The second-order valence-corrected chi connectivity index (χ2v) is 10.3. The Kier molecular flexibility index (Phi) is 6.18. The van der Waals surface area contributed by atoms with E-state index >= 15 is 0 Å². The molecule has 1 aliphatic heterocycles. The normalized spacial score (nSPS) is 27.1. The Morgan fingerprint density at radius 1 is 0.929 bits per heavy atom. The first-order chi connectivity index (χ1) is 13.5. The number of fused-ring (bicyclic) bond motifs is 1. The van der Waals surface area contributed by atoms with Crippen LogP contribution in [-0.2, 0) is 23.1 Å². The van der Waals surface area contributed by atoms with Crippen LogP contribution in [-0.4, -0.2) is 41.6 Å². The molecule has 0 spiro atoms. The van der Waals surface area contributed by atoms with Gasteiger partial charge >= 0.3 is 0 Å². The Labute approximate surface area is 167 Å². The summed E-state index contributed by atoms with van der Waals surface area (Å²) in [6.07, 6.45) is 11.4. The topological polar surface area (TPSA) is 84.3 Å². The molecule has 7 nitrogen and oxygen atoms in total. The van der Waals surface area contributed by atoms with Gasteiger partial charge in [-0.1, -0.05) is 12.8 Å². The van der Waals surface area contributed by atoms with E-state index in [9.17, 15) is 13.2 Å². The molecule has 0 unspecified atom stereocenters. The highest BCUT2D eigenvalue weighted by molar-refractivity contribution is 7.87. The van der Waals surface area contributed by atoms with E-state index in [1.165, 1.54) is 0 Å². The third-order valence-electron chi connectivity index (χ3n) is 6.50. The van der Waals surface area contributed by atoms with Crippen LogP contribution in [0.1, 0.15) is 81.5 Å². The number of nitrogens with zero attached hydrogens (tertiary/aromatic N) is 3. The molecule has 1 aromatic heterocycles. The SMILES string of the molecule is O=c1cc2c(nn1C1CCC(NS(=O)(=O)N3CCCCCC3)CC1)CCCC2. The number of aryl methyl sites for hydroxylation is 2. The van der Waals surface area contributed by atoms with Crippen LogP contribution in [0, 0.1) is 0 Å². The Morgan fingerprint density at radius 3 is 2.32 bits per heavy atom. The fraction of sp³-hybridized carbons (Fsp3) is 0.800. The predicted octanol–water partition coefficient (Wildman–Crippen LogP) is 2.32. The zero-order valence-electron chi connectivity index (χ0n) is 16.6. The summed E-state index contributed by atoms with van der Waals surface area (Å²) in [5.74, 6) is 0. The monoisotopic (exact) mass is 408 g/mol. The summed E-state index contributed by atoms with van der Waals surface area (Å²) in [5, 5.41) is 4.68. The quantitative estimate of drug-likeness (QED) is 0.829. The van der Waals surface area contributed by atoms with Gasteiger partial charge < -0.3 is 0 Å². The molecule has 8 heteroatoms. The second kappa shape index (κ2) is 8.63. The van der Waals surface area contributed by atoms with Crippen LogP contribution in [0.3, 0.4) is 0 Å². The van der Waals surface area contributed by atoms with Crippen molar-refractivity contribution in [2.45, 2.75) is 89.1 Å². The van der Waals surface area contributed by atoms with Gasteiger partial charge in [0.1, 0.15) is 0 Å². The fourth-order valence-corrected chi connectivity index (χ4v) is 6.39. The van der Waals surface area contributed by atoms with Gasteiger partial charge in [0.05, 0.1) is 11.7 Å². The minimum atomic E-state index is -3.41. The molecule has 0 bridgehead atoms. The second-order valence-electron chi connectivity index (χ2n) is 8.55. The van der Waals surface area contributed by atoms with Crippen molar-refractivity contribution in [3.63, 3.8) is 0 Å². The van der Waals surface area contributed by atoms with Crippen molar-refractivity contribution in [1.82, 2.24) is 18.8 Å². The maximum Gasteiger partial charge on any atom is 0.279 e. The number of nitrogens with one attached hydrogen (secondary N) is 1. The summed E-state index contributed by atoms with van der Waals surface area (Å²) in [6, 6.07) is 1.81. The van der Waals surface area contributed by atoms with Crippen molar-refractivity contribution in [3.8, 4) is 0 Å². The highest BCUT2D eigenvalue weighted by Gasteiger charge is 2.30. The van der Waals surface area contributed by atoms with E-state index in [2.05, 4.69) is 9.82 Å². The minimum Gasteiger partial charge on any atom is -0.268 e. The summed E-state index contributed by atoms with van der Waals surface area (Å²) in [5.41, 5.74) is 2.19. The van der Waals surface area contributed by atoms with Gasteiger partial charge in [-0.05, 0) is 69.8 Å². The lowest BCUT2D eigenvalue weighted by Crippen LogP contribution is -2.47. The molecule has 0 radical (unpaired) electrons. The van der Waals surface area contributed by atoms with Crippen molar-refractivity contribution < 1.29 is 8.42 Å². The summed E-state index contributed by atoms with van der Waals surface area (Å²) >= 11 is 0. The van der Waals surface area contributed by atoms with Crippen LogP contribution < -0.4 is 10.3 Å². The lowest BCUT2D eigenvalue weighted by Gasteiger charge is -2.31. The van der Waals surface area contributed by atoms with Crippen molar-refractivity contribution >= 4 is 10.2 Å². The lowest BCUT2D eigenvalue weighted by molar-refractivity contribution is 0.279. The number of hydrogen-bond acceptors (Lipinski definition) is 4. The van der Waals surface area contributed by atoms with E-state index in [4.69, 9.17) is 0 Å². The molecule has 3 aliphatic rings. The van der Waals surface area contributed by atoms with Gasteiger partial charge in [-0.15, -0.1) is 0 Å². The molecule has 1 aromatic rings. The van der Waals surface area contributed by atoms with Gasteiger partial charge in [-0.25, -0.2) is 4.68 Å². The van der Waals surface area contributed by atoms with Gasteiger partial charge in [0.2, 0.25) is 0 Å². The number of aromatic nitrogens is 2. The first kappa shape index (κ1) is 20.0. The Morgan fingerprint density at radius 2 is 1.61 bits per heavy atom. The molecule has 28 heavy (non-hydrogen) atoms. The molecular weight excluding hydrogens is 376 g/mol. The summed E-state index contributed by atoms with van der Waals surface area (Å²) in [7, 11) is -3.41. The van der Waals surface area contributed by atoms with Crippen molar-refractivity contribution in [2.75, 3.05) is 13.1 Å². The van der Waals surface area contributed by atoms with Gasteiger partial charge in [-0.3, -0.25) is 4.79 Å². The van der Waals surface area contributed by atoms with Gasteiger partial charge in [0.25, 0.3) is 15.8 Å². The number of hydrogen-bond donors (Lipinski definition) is 1. The van der Waals surface area contributed by atoms with Crippen molar-refractivity contribution in [2.24, 2.45) is 0 Å². The third-order valence-corrected chi connectivity index (χ3v) is 8.17. The van der Waals surface area contributed by atoms with Crippen LogP contribution >= 0.6 is 0 Å². The standard InChI is InChI=1S/C20H32N4O3S/c25-20-15-16-7-3-4-8-19(16)21-24(20)18-11-9-17(10-12-18)22-28(26,27)23-13-5-1-2-6-14-23/h15,17-18,22H,1-14H2. The van der Waals surface area contributed by atoms with E-state index in [1.54, 1.807) is 15.1 Å². The first-order valence-electron chi connectivity index (χ1n) is 10.9. The highest BCUT2D eigenvalue weighted by Crippen LogP contribution is 2.28. The van der Waals surface area contributed by atoms with Crippen molar-refractivity contribution in [1.29, 1.82) is 0 Å². The minimum absolute atomic E-state index is 0.00533. The van der Waals surface area contributed by atoms with Gasteiger partial charge in [-0.2, -0.15) is 22.5 Å². The molecule has 2 fully saturated rings. The van der Waals surface area contributed by atoms with Crippen molar-refractivity contribution in [3.05, 3.63) is 27.7 Å². The molecular formula is C20H32N4O3S. The largest absolute Gasteiger partial charge is 0.279 e.